The van der Waals surface area contributed by atoms with E-state index < -0.39 is 103 Å². The lowest BCUT2D eigenvalue weighted by molar-refractivity contribution is -0.120. The molecule has 6 heterocycles. The minimum atomic E-state index is -4.71. The van der Waals surface area contributed by atoms with E-state index in [4.69, 9.17) is 66.7 Å². The van der Waals surface area contributed by atoms with Gasteiger partial charge in [-0.15, -0.1) is 0 Å². The molecule has 3 amide bonds. The maximum Gasteiger partial charge on any atom is 0.469 e. The van der Waals surface area contributed by atoms with E-state index in [0.717, 1.165) is 5.82 Å². The zero-order valence-corrected chi connectivity index (χ0v) is 47.4. The highest BCUT2D eigenvalue weighted by molar-refractivity contribution is 7.55. The summed E-state index contributed by atoms with van der Waals surface area (Å²) in [5.74, 6) is 0.888. The molecule has 0 saturated carbocycles. The number of phosphoric ester groups is 1. The summed E-state index contributed by atoms with van der Waals surface area (Å²) in [6.07, 6.45) is -0.811. The quantitative estimate of drug-likeness (QED) is 0.0787. The fourth-order valence-corrected chi connectivity index (χ4v) is 10.7. The Kier molecular flexibility index (Phi) is 23.8. The Morgan fingerprint density at radius 2 is 0.987 bits per heavy atom. The van der Waals surface area contributed by atoms with Crippen molar-refractivity contribution in [1.82, 2.24) is 30.7 Å². The first-order valence-electron chi connectivity index (χ1n) is 24.1. The first kappa shape index (κ1) is 65.6. The first-order chi connectivity index (χ1) is 35.7. The van der Waals surface area contributed by atoms with E-state index in [0.29, 0.717) is 17.2 Å². The summed E-state index contributed by atoms with van der Waals surface area (Å²) in [7, 11) is -8.76. The zero-order valence-electron chi connectivity index (χ0n) is 44.7. The Bertz CT molecular complexity index is 2390. The minimum absolute atomic E-state index is 0.119. The average Bonchev–Trinajstić information content (AvgIpc) is 3.94. The highest BCUT2D eigenvalue weighted by atomic mass is 31.2. The van der Waals surface area contributed by atoms with Crippen LogP contribution in [-0.2, 0) is 75.2 Å². The van der Waals surface area contributed by atoms with Gasteiger partial charge in [0, 0.05) is 64.0 Å². The molecule has 6 aliphatic heterocycles. The van der Waals surface area contributed by atoms with Crippen molar-refractivity contribution < 1.29 is 105 Å². The van der Waals surface area contributed by atoms with Crippen LogP contribution in [0.4, 0.5) is 0 Å². The number of hydrogen-bond donors (Lipinski definition) is 9. The maximum absolute atomic E-state index is 11.4. The van der Waals surface area contributed by atoms with E-state index >= 15 is 0 Å². The Morgan fingerprint density at radius 3 is 1.36 bits per heavy atom. The molecule has 13 atom stereocenters. The molecule has 0 aromatic carbocycles. The van der Waals surface area contributed by atoms with Gasteiger partial charge in [-0.2, -0.15) is 0 Å². The van der Waals surface area contributed by atoms with Crippen molar-refractivity contribution in [3.63, 3.8) is 0 Å². The number of ether oxygens (including phenoxy) is 9. The van der Waals surface area contributed by atoms with Crippen molar-refractivity contribution in [1.29, 1.82) is 0 Å². The van der Waals surface area contributed by atoms with Gasteiger partial charge in [-0.3, -0.25) is 28.0 Å². The number of carbonyl (C=O) groups is 3. The predicted octanol–water partition coefficient (Wildman–Crippen LogP) is 1.96. The van der Waals surface area contributed by atoms with Crippen LogP contribution < -0.4 is 16.0 Å². The second-order valence-electron chi connectivity index (χ2n) is 19.0. The first-order valence-corrected chi connectivity index (χ1v) is 29.1. The van der Waals surface area contributed by atoms with E-state index in [9.17, 15) is 37.9 Å². The van der Waals surface area contributed by atoms with E-state index in [2.05, 4.69) is 35.7 Å². The van der Waals surface area contributed by atoms with E-state index in [1.807, 2.05) is 41.5 Å². The molecular weight excluding hydrogens is 1080 g/mol. The van der Waals surface area contributed by atoms with Crippen LogP contribution >= 0.6 is 23.0 Å². The topological polar surface area (TPSA) is 362 Å². The number of phosphoric acid groups is 1. The lowest BCUT2D eigenvalue weighted by Crippen LogP contribution is -2.48. The number of methoxy groups -OCH3 is 3. The molecule has 6 rings (SSSR count). The molecule has 0 aromatic heterocycles. The number of nitrogens with zero attached hydrogens (tertiary/aromatic N) is 3. The molecule has 31 heteroatoms. The third-order valence-electron chi connectivity index (χ3n) is 11.8. The van der Waals surface area contributed by atoms with Crippen LogP contribution in [0.1, 0.15) is 61.8 Å². The minimum Gasteiger partial charge on any atom is -0.374 e. The summed E-state index contributed by atoms with van der Waals surface area (Å²) >= 11 is 0. The highest BCUT2D eigenvalue weighted by Gasteiger charge is 2.54. The summed E-state index contributed by atoms with van der Waals surface area (Å²) in [4.78, 5) is 94.1. The normalized spacial score (nSPS) is 30.4. The van der Waals surface area contributed by atoms with Crippen molar-refractivity contribution in [3.05, 3.63) is 85.4 Å². The lowest BCUT2D eigenvalue weighted by Gasteiger charge is -2.34. The molecule has 3 saturated heterocycles. The van der Waals surface area contributed by atoms with Gasteiger partial charge < -0.3 is 103 Å². The van der Waals surface area contributed by atoms with Gasteiger partial charge in [-0.05, 0) is 67.4 Å². The van der Waals surface area contributed by atoms with Crippen molar-refractivity contribution in [2.45, 2.75) is 160 Å². The van der Waals surface area contributed by atoms with Crippen molar-refractivity contribution in [2.75, 3.05) is 27.5 Å². The molecule has 6 aliphatic rings. The Morgan fingerprint density at radius 1 is 0.610 bits per heavy atom. The lowest BCUT2D eigenvalue weighted by atomic mass is 10.0. The Labute approximate surface area is 447 Å². The Balaban J connectivity index is 0.000000249. The molecule has 3 fully saturated rings. The van der Waals surface area contributed by atoms with Crippen LogP contribution in [0.5, 0.6) is 0 Å². The molecule has 0 aliphatic carbocycles. The summed E-state index contributed by atoms with van der Waals surface area (Å²) in [5.41, 5.74) is 0.337. The molecule has 0 radical (unpaired) electrons. The van der Waals surface area contributed by atoms with E-state index in [-0.39, 0.29) is 54.4 Å². The van der Waals surface area contributed by atoms with Crippen molar-refractivity contribution in [3.8, 4) is 0 Å². The van der Waals surface area contributed by atoms with Crippen LogP contribution in [-0.4, -0.2) is 187 Å². The monoisotopic (exact) mass is 1160 g/mol. The van der Waals surface area contributed by atoms with Gasteiger partial charge in [-0.1, -0.05) is 19.7 Å². The van der Waals surface area contributed by atoms with Gasteiger partial charge in [0.2, 0.25) is 0 Å². The van der Waals surface area contributed by atoms with Crippen LogP contribution in [0, 0.1) is 0 Å². The fraction of sp³-hybridized carbons (Fsp3) is 0.630. The van der Waals surface area contributed by atoms with Crippen molar-refractivity contribution in [2.24, 2.45) is 0 Å². The summed E-state index contributed by atoms with van der Waals surface area (Å²) < 4.78 is 91.0. The standard InChI is InChI=1S/C16H25N2O7P.C15H25N2O8P.C15H25N2O7P/c1-9(2)24-14-13(10(3)8-26(20,21)22)25-16(15(14)23-5)18-7-6-12(19)17-11(18)4;1-8(2)23-13-12(9(3)25-26(19,20)21)24-15(14(13)22-5)17-7-6-11(18)16-10(17)4;1-9(2)23-13-11(6-8-25(19,20)21)24-15(14(13)22-4)17-7-5-12(18)16-10(17)3/h6-9,13-16H,4H2,1-3,5H3,(H,17,19)(H2,20,21,22);6-9,12-15H,4H2,1-3,5H3,(H,16,18)(H2,19,20,21);5,7,9,11,13-15H,3,6,8H2,1-2,4H3,(H,16,18)(H2,19,20,21)/b10-8+;;/t13-,14?,15+,16-;9?,12-,13?,14+,15-;11-,13?,14+,15-/m111/s1. The van der Waals surface area contributed by atoms with Gasteiger partial charge in [0.1, 0.15) is 66.3 Å². The predicted molar refractivity (Wildman–Crippen MR) is 273 cm³/mol. The molecule has 4 unspecified atom stereocenters. The second kappa shape index (κ2) is 28.0. The molecule has 9 N–H and O–H groups in total. The smallest absolute Gasteiger partial charge is 0.374 e. The molecule has 77 heavy (non-hydrogen) atoms. The summed E-state index contributed by atoms with van der Waals surface area (Å²) in [6.45, 7) is 25.5. The van der Waals surface area contributed by atoms with Gasteiger partial charge >= 0.3 is 23.0 Å². The number of amides is 3. The largest absolute Gasteiger partial charge is 0.469 e. The van der Waals surface area contributed by atoms with E-state index in [1.165, 1.54) is 65.1 Å². The molecular formula is C46H75N6O22P3. The van der Waals surface area contributed by atoms with Gasteiger partial charge in [0.15, 0.2) is 18.7 Å². The van der Waals surface area contributed by atoms with Crippen LogP contribution in [0.3, 0.4) is 0 Å². The average molecular weight is 1160 g/mol. The SMILES string of the molecule is C=C1NC(=O)C=CN1[C@@H]1O[C@H](/C(C)=C/P(=O)(O)O)C(OC(C)C)[C@@H]1OC.C=C1NC(=O)C=CN1[C@@H]1O[C@H](C(C)OP(=O)(O)O)C(OC(C)C)[C@@H]1OC.C=C1NC(=O)C=CN1[C@@H]1O[C@H](CCP(=O)(O)O)C(OC(C)C)[C@@H]1OC. The number of rotatable bonds is 20. The zero-order chi connectivity index (χ0) is 58.1. The third kappa shape index (κ3) is 18.8. The molecule has 0 aromatic rings. The van der Waals surface area contributed by atoms with Crippen molar-refractivity contribution >= 4 is 40.7 Å². The van der Waals surface area contributed by atoms with Gasteiger partial charge in [0.25, 0.3) is 17.7 Å². The van der Waals surface area contributed by atoms with Crippen LogP contribution in [0.15, 0.2) is 85.4 Å². The molecule has 0 spiro atoms. The second-order valence-corrected chi connectivity index (χ2v) is 23.4. The number of nitrogens with one attached hydrogen (secondary N) is 3. The van der Waals surface area contributed by atoms with Gasteiger partial charge in [-0.25, -0.2) is 4.57 Å². The molecule has 0 bridgehead atoms. The molecule has 28 nitrogen and oxygen atoms in total. The Hall–Kier alpha value is -3.96. The maximum atomic E-state index is 11.4. The van der Waals surface area contributed by atoms with Gasteiger partial charge in [0.05, 0.1) is 36.7 Å². The number of hydrogen-bond acceptors (Lipinski definition) is 19. The summed E-state index contributed by atoms with van der Waals surface area (Å²) in [6, 6.07) is 0. The fourth-order valence-electron chi connectivity index (χ4n) is 8.91. The molecule has 436 valence electrons. The van der Waals surface area contributed by atoms with E-state index in [1.54, 1.807) is 21.6 Å². The summed E-state index contributed by atoms with van der Waals surface area (Å²) in [5, 5.41) is 7.72. The van der Waals surface area contributed by atoms with Crippen LogP contribution in [0.25, 0.3) is 0 Å². The number of carbonyl (C=O) groups excluding carboxylic acids is 3. The third-order valence-corrected chi connectivity index (χ3v) is 14.0. The highest BCUT2D eigenvalue weighted by Crippen LogP contribution is 2.44. The van der Waals surface area contributed by atoms with Crippen LogP contribution in [0.2, 0.25) is 0 Å².